The van der Waals surface area contributed by atoms with E-state index in [1.54, 1.807) is 9.47 Å². The van der Waals surface area contributed by atoms with Crippen molar-refractivity contribution in [2.45, 2.75) is 49.2 Å². The Labute approximate surface area is 307 Å². The second-order valence-corrected chi connectivity index (χ2v) is 16.5. The maximum absolute atomic E-state index is 15.6. The highest BCUT2D eigenvalue weighted by molar-refractivity contribution is 8.23. The highest BCUT2D eigenvalue weighted by Gasteiger charge is 2.54. The van der Waals surface area contributed by atoms with Crippen molar-refractivity contribution in [2.75, 3.05) is 29.5 Å². The van der Waals surface area contributed by atoms with E-state index >= 15 is 4.39 Å². The van der Waals surface area contributed by atoms with Crippen molar-refractivity contribution in [3.8, 4) is 0 Å². The van der Waals surface area contributed by atoms with Gasteiger partial charge in [0.25, 0.3) is 5.91 Å². The summed E-state index contributed by atoms with van der Waals surface area (Å²) in [6.45, 7) is 0.772. The first kappa shape index (κ1) is 34.8. The average molecular weight is 778 g/mol. The molecule has 4 aliphatic rings. The molecule has 2 amide bonds. The Balaban J connectivity index is 0.994. The van der Waals surface area contributed by atoms with Gasteiger partial charge >= 0.3 is 11.9 Å². The number of nitrogens with zero attached hydrogens (tertiary/aromatic N) is 3. The number of carboxylic acids is 2. The topological polar surface area (TPSA) is 161 Å². The Morgan fingerprint density at radius 2 is 1.92 bits per heavy atom. The highest BCUT2D eigenvalue weighted by atomic mass is 35.5. The highest BCUT2D eigenvalue weighted by Crippen LogP contribution is 2.43. The maximum Gasteiger partial charge on any atom is 0.352 e. The molecule has 18 heteroatoms. The predicted octanol–water partition coefficient (Wildman–Crippen LogP) is 4.06. The molecule has 3 fully saturated rings. The minimum atomic E-state index is -1.38. The number of hydrogen-bond acceptors (Lipinski definition) is 10. The molecular weight excluding hydrogens is 749 g/mol. The number of pyridine rings is 1. The molecule has 2 aromatic heterocycles. The molecular formula is C32H29ClFN5O7S4. The van der Waals surface area contributed by atoms with Crippen molar-refractivity contribution in [3.05, 3.63) is 72.5 Å². The van der Waals surface area contributed by atoms with Crippen molar-refractivity contribution in [3.63, 3.8) is 0 Å². The molecule has 7 rings (SSSR count). The molecule has 0 radical (unpaired) electrons. The summed E-state index contributed by atoms with van der Waals surface area (Å²) in [4.78, 5) is 66.3. The van der Waals surface area contributed by atoms with Gasteiger partial charge in [0.15, 0.2) is 0 Å². The van der Waals surface area contributed by atoms with Gasteiger partial charge < -0.3 is 30.3 Å². The lowest BCUT2D eigenvalue weighted by molar-refractivity contribution is -0.150. The molecule has 0 spiro atoms. The van der Waals surface area contributed by atoms with Crippen molar-refractivity contribution >= 4 is 103 Å². The molecule has 1 aromatic carbocycles. The first-order valence-corrected chi connectivity index (χ1v) is 19.3. The number of hydrogen-bond donors (Lipinski definition) is 4. The molecule has 5 heterocycles. The molecule has 3 atom stereocenters. The van der Waals surface area contributed by atoms with Gasteiger partial charge in [0.2, 0.25) is 11.3 Å². The molecule has 12 nitrogen and oxygen atoms in total. The fourth-order valence-corrected chi connectivity index (χ4v) is 10.3. The van der Waals surface area contributed by atoms with E-state index in [4.69, 9.17) is 23.8 Å². The smallest absolute Gasteiger partial charge is 0.352 e. The van der Waals surface area contributed by atoms with Gasteiger partial charge in [0.05, 0.1) is 28.0 Å². The summed E-state index contributed by atoms with van der Waals surface area (Å²) in [7, 11) is 0. The Morgan fingerprint density at radius 1 is 1.14 bits per heavy atom. The van der Waals surface area contributed by atoms with Gasteiger partial charge in [-0.05, 0) is 42.3 Å². The van der Waals surface area contributed by atoms with Gasteiger partial charge in [0, 0.05) is 47.8 Å². The van der Waals surface area contributed by atoms with Crippen LogP contribution >= 0.6 is 58.7 Å². The summed E-state index contributed by atoms with van der Waals surface area (Å²) >= 11 is 16.4. The number of carbonyl (C=O) groups excluding carboxylic acids is 2. The molecule has 2 saturated heterocycles. The Hall–Kier alpha value is -3.64. The molecule has 4 N–H and O–H groups in total. The van der Waals surface area contributed by atoms with Gasteiger partial charge in [-0.2, -0.15) is 0 Å². The maximum atomic E-state index is 15.6. The molecule has 1 aliphatic carbocycles. The number of benzene rings is 1. The van der Waals surface area contributed by atoms with E-state index in [-0.39, 0.29) is 52.0 Å². The van der Waals surface area contributed by atoms with Crippen LogP contribution < -0.4 is 21.0 Å². The van der Waals surface area contributed by atoms with E-state index in [2.05, 4.69) is 10.6 Å². The van der Waals surface area contributed by atoms with Crippen LogP contribution in [0.1, 0.15) is 40.5 Å². The third-order valence-electron chi connectivity index (χ3n) is 9.04. The standard InChI is InChI=1S/C32H29ClFN5O7S4/c33-22-25-18(27(41)19(30(43)44)11-38(25)16-3-4-16)9-20(34)26(22)37-6-5-15(10-37)35-32(47)50-13-14-12-49-29-23(28(42)39(29)24(14)31(45)46)36-21(40)8-17-2-1-7-48-17/h1-2,7,9,11,15-16,23,29H,3-6,8,10,12-13H2,(H,35,47)(H,36,40)(H,43,44)(H,45,46). The third kappa shape index (κ3) is 6.49. The van der Waals surface area contributed by atoms with E-state index < -0.39 is 46.1 Å². The number of aromatic nitrogens is 1. The number of thioether (sulfide) groups is 2. The average Bonchev–Trinajstić information content (AvgIpc) is 3.60. The van der Waals surface area contributed by atoms with Gasteiger partial charge in [-0.15, -0.1) is 23.1 Å². The lowest BCUT2D eigenvalue weighted by atomic mass is 10.0. The van der Waals surface area contributed by atoms with Crippen LogP contribution in [0.3, 0.4) is 0 Å². The van der Waals surface area contributed by atoms with E-state index in [0.29, 0.717) is 40.7 Å². The van der Waals surface area contributed by atoms with Crippen LogP contribution in [-0.4, -0.2) is 89.8 Å². The van der Waals surface area contributed by atoms with Crippen LogP contribution in [0.25, 0.3) is 10.9 Å². The largest absolute Gasteiger partial charge is 0.477 e. The Kier molecular flexibility index (Phi) is 9.62. The quantitative estimate of drug-likeness (QED) is 0.173. The molecule has 262 valence electrons. The summed E-state index contributed by atoms with van der Waals surface area (Å²) < 4.78 is 17.7. The fraction of sp³-hybridized carbons (Fsp3) is 0.375. The molecule has 1 saturated carbocycles. The summed E-state index contributed by atoms with van der Waals surface area (Å²) in [6, 6.07) is 3.73. The lowest BCUT2D eigenvalue weighted by Gasteiger charge is -2.49. The van der Waals surface area contributed by atoms with Crippen molar-refractivity contribution in [1.82, 2.24) is 20.1 Å². The van der Waals surface area contributed by atoms with Crippen molar-refractivity contribution in [2.24, 2.45) is 0 Å². The molecule has 3 aromatic rings. The Morgan fingerprint density at radius 3 is 2.60 bits per heavy atom. The molecule has 3 unspecified atom stereocenters. The fourth-order valence-electron chi connectivity index (χ4n) is 6.55. The first-order chi connectivity index (χ1) is 23.9. The zero-order chi connectivity index (χ0) is 35.4. The monoisotopic (exact) mass is 777 g/mol. The van der Waals surface area contributed by atoms with Gasteiger partial charge in [-0.1, -0.05) is 41.6 Å². The first-order valence-electron chi connectivity index (χ1n) is 15.6. The van der Waals surface area contributed by atoms with E-state index in [9.17, 15) is 34.2 Å². The van der Waals surface area contributed by atoms with E-state index in [1.807, 2.05) is 17.5 Å². The van der Waals surface area contributed by atoms with Crippen LogP contribution in [0.2, 0.25) is 5.02 Å². The number of amides is 2. The summed E-state index contributed by atoms with van der Waals surface area (Å²) in [5.41, 5.74) is -0.337. The Bertz CT molecular complexity index is 2050. The number of rotatable bonds is 10. The second kappa shape index (κ2) is 13.8. The lowest BCUT2D eigenvalue weighted by Crippen LogP contribution is -2.70. The zero-order valence-electron chi connectivity index (χ0n) is 26.0. The number of β-lactam (4-membered cyclic amide) rings is 1. The van der Waals surface area contributed by atoms with Gasteiger partial charge in [-0.25, -0.2) is 14.0 Å². The third-order valence-corrected chi connectivity index (χ3v) is 13.0. The zero-order valence-corrected chi connectivity index (χ0v) is 30.0. The summed E-state index contributed by atoms with van der Waals surface area (Å²) in [5, 5.41) is 26.9. The number of nitrogens with one attached hydrogen (secondary N) is 2. The second-order valence-electron chi connectivity index (χ2n) is 12.4. The number of thiocarbonyl (C=S) groups is 1. The number of carbonyl (C=O) groups is 4. The SMILES string of the molecule is O=C(Cc1cccs1)NC1C(=O)N2C(C(=O)O)=C(CSC(=S)NC3CCN(c4c(F)cc5c(=O)c(C(=O)O)cn(C6CC6)c5c4Cl)C3)CSC12. The normalized spacial score (nSPS) is 21.6. The number of anilines is 1. The molecule has 3 aliphatic heterocycles. The van der Waals surface area contributed by atoms with Crippen LogP contribution in [0.4, 0.5) is 10.1 Å². The van der Waals surface area contributed by atoms with Gasteiger partial charge in [0.1, 0.15) is 32.8 Å². The number of aromatic carboxylic acids is 1. The molecule has 0 bridgehead atoms. The van der Waals surface area contributed by atoms with Gasteiger partial charge in [-0.3, -0.25) is 19.3 Å². The number of carboxylic acid groups (broad SMARTS) is 2. The van der Waals surface area contributed by atoms with Crippen LogP contribution in [0.15, 0.2) is 45.8 Å². The number of fused-ring (bicyclic) bond motifs is 2. The summed E-state index contributed by atoms with van der Waals surface area (Å²) in [6.07, 6.45) is 3.61. The minimum absolute atomic E-state index is 0.0253. The van der Waals surface area contributed by atoms with E-state index in [1.165, 1.54) is 46.0 Å². The van der Waals surface area contributed by atoms with Crippen LogP contribution in [-0.2, 0) is 20.8 Å². The number of thiophene rings is 1. The van der Waals surface area contributed by atoms with Crippen molar-refractivity contribution < 1.29 is 33.8 Å². The summed E-state index contributed by atoms with van der Waals surface area (Å²) in [5.74, 6) is -3.53. The molecule has 50 heavy (non-hydrogen) atoms. The number of halogens is 2. The number of aliphatic carboxylic acids is 1. The minimum Gasteiger partial charge on any atom is -0.477 e. The van der Waals surface area contributed by atoms with Crippen LogP contribution in [0.5, 0.6) is 0 Å². The van der Waals surface area contributed by atoms with Crippen LogP contribution in [0, 0.1) is 5.82 Å². The predicted molar refractivity (Wildman–Crippen MR) is 195 cm³/mol. The van der Waals surface area contributed by atoms with Crippen molar-refractivity contribution in [1.29, 1.82) is 0 Å². The van der Waals surface area contributed by atoms with E-state index in [0.717, 1.165) is 23.8 Å².